The Morgan fingerprint density at radius 1 is 1.07 bits per heavy atom. The van der Waals surface area contributed by atoms with Crippen molar-refractivity contribution >= 4 is 16.8 Å². The maximum absolute atomic E-state index is 13.3. The number of hydrogen-bond acceptors (Lipinski definition) is 9. The Morgan fingerprint density at radius 2 is 1.88 bits per heavy atom. The number of amides is 1. The van der Waals surface area contributed by atoms with Crippen LogP contribution in [0.5, 0.6) is 17.4 Å². The van der Waals surface area contributed by atoms with E-state index < -0.39 is 23.8 Å². The molecule has 0 bridgehead atoms. The molecule has 0 spiro atoms. The Balaban J connectivity index is 1.46. The molecule has 0 saturated heterocycles. The number of nitrogens with two attached hydrogens (primary N) is 1. The first-order valence-electron chi connectivity index (χ1n) is 12.3. The number of nitrogens with zero attached hydrogens (tertiary/aromatic N) is 4. The number of alkyl halides is 3. The van der Waals surface area contributed by atoms with Gasteiger partial charge in [0, 0.05) is 35.5 Å². The van der Waals surface area contributed by atoms with Crippen LogP contribution in [-0.2, 0) is 12.7 Å². The first-order valence-corrected chi connectivity index (χ1v) is 12.3. The first-order chi connectivity index (χ1) is 19.7. The molecule has 41 heavy (non-hydrogen) atoms. The fraction of sp³-hybridized carbons (Fsp3) is 0.179. The fourth-order valence-corrected chi connectivity index (χ4v) is 4.08. The number of para-hydroxylation sites is 1. The normalized spacial score (nSPS) is 12.2. The van der Waals surface area contributed by atoms with E-state index >= 15 is 0 Å². The standard InChI is InChI=1S/C28H23F3N6O4/c1-15(32)25-24(26(38)35-13-16-5-3-4-6-19(16)40-22-14-33-11-12-34-22)37-27(41-25)18-7-9-20(39-2)23-17(18)8-10-21(36-23)28(29,30)31/h3-12,14-15H,13,32H2,1-2H3,(H,35,38)/t15-/m0/s1. The van der Waals surface area contributed by atoms with Gasteiger partial charge in [0.25, 0.3) is 5.91 Å². The average Bonchev–Trinajstić information content (AvgIpc) is 3.42. The summed E-state index contributed by atoms with van der Waals surface area (Å²) in [5.74, 6) is 0.409. The lowest BCUT2D eigenvalue weighted by atomic mass is 10.1. The fourth-order valence-electron chi connectivity index (χ4n) is 4.08. The smallest absolute Gasteiger partial charge is 0.433 e. The number of oxazole rings is 1. The van der Waals surface area contributed by atoms with Gasteiger partial charge in [-0.2, -0.15) is 13.2 Å². The number of ether oxygens (including phenoxy) is 2. The number of pyridine rings is 1. The van der Waals surface area contributed by atoms with Crippen LogP contribution in [0.2, 0.25) is 0 Å². The molecule has 5 aromatic rings. The number of benzene rings is 2. The highest BCUT2D eigenvalue weighted by Crippen LogP contribution is 2.37. The Hall–Kier alpha value is -5.04. The summed E-state index contributed by atoms with van der Waals surface area (Å²) in [5.41, 5.74) is 5.88. The second-order valence-electron chi connectivity index (χ2n) is 8.86. The van der Waals surface area contributed by atoms with Crippen molar-refractivity contribution in [3.8, 4) is 28.8 Å². The third kappa shape index (κ3) is 5.79. The molecule has 3 heterocycles. The zero-order valence-corrected chi connectivity index (χ0v) is 21.8. The number of carbonyl (C=O) groups excluding carboxylic acids is 1. The van der Waals surface area contributed by atoms with Crippen molar-refractivity contribution in [1.82, 2.24) is 25.3 Å². The highest BCUT2D eigenvalue weighted by atomic mass is 19.4. The molecule has 2 aromatic carbocycles. The predicted octanol–water partition coefficient (Wildman–Crippen LogP) is 5.45. The Bertz CT molecular complexity index is 1710. The van der Waals surface area contributed by atoms with Crippen LogP contribution in [0.15, 0.2) is 71.5 Å². The van der Waals surface area contributed by atoms with Crippen molar-refractivity contribution in [3.63, 3.8) is 0 Å². The zero-order chi connectivity index (χ0) is 29.1. The predicted molar refractivity (Wildman–Crippen MR) is 141 cm³/mol. The van der Waals surface area contributed by atoms with Gasteiger partial charge >= 0.3 is 6.18 Å². The topological polar surface area (TPSA) is 138 Å². The summed E-state index contributed by atoms with van der Waals surface area (Å²) < 4.78 is 56.9. The third-order valence-corrected chi connectivity index (χ3v) is 6.01. The van der Waals surface area contributed by atoms with E-state index in [9.17, 15) is 18.0 Å². The number of aromatic nitrogens is 4. The monoisotopic (exact) mass is 564 g/mol. The lowest BCUT2D eigenvalue weighted by Crippen LogP contribution is -2.25. The van der Waals surface area contributed by atoms with Crippen molar-refractivity contribution < 1.29 is 31.9 Å². The molecule has 0 aliphatic carbocycles. The van der Waals surface area contributed by atoms with E-state index in [4.69, 9.17) is 19.6 Å². The summed E-state index contributed by atoms with van der Waals surface area (Å²) in [5, 5.41) is 3.08. The maximum Gasteiger partial charge on any atom is 0.433 e. The van der Waals surface area contributed by atoms with Crippen LogP contribution in [0.25, 0.3) is 22.4 Å². The molecular weight excluding hydrogens is 541 g/mol. The summed E-state index contributed by atoms with van der Waals surface area (Å²) in [6.07, 6.45) is -0.172. The molecule has 0 aliphatic rings. The van der Waals surface area contributed by atoms with E-state index in [1.165, 1.54) is 37.8 Å². The third-order valence-electron chi connectivity index (χ3n) is 6.01. The molecular formula is C28H23F3N6O4. The molecule has 3 aromatic heterocycles. The van der Waals surface area contributed by atoms with Crippen LogP contribution in [0.1, 0.15) is 40.5 Å². The van der Waals surface area contributed by atoms with E-state index in [2.05, 4.69) is 25.3 Å². The number of nitrogens with one attached hydrogen (secondary N) is 1. The maximum atomic E-state index is 13.3. The van der Waals surface area contributed by atoms with Crippen molar-refractivity contribution in [2.45, 2.75) is 25.7 Å². The second kappa shape index (κ2) is 11.2. The summed E-state index contributed by atoms with van der Waals surface area (Å²) in [6.45, 7) is 1.69. The van der Waals surface area contributed by atoms with Gasteiger partial charge in [0.15, 0.2) is 11.5 Å². The molecule has 0 fully saturated rings. The van der Waals surface area contributed by atoms with Gasteiger partial charge in [0.05, 0.1) is 19.3 Å². The van der Waals surface area contributed by atoms with Crippen molar-refractivity contribution in [3.05, 3.63) is 89.8 Å². The molecule has 210 valence electrons. The number of hydrogen-bond donors (Lipinski definition) is 2. The quantitative estimate of drug-likeness (QED) is 0.252. The SMILES string of the molecule is COc1ccc(-c2nc(C(=O)NCc3ccccc3Oc3cnccn3)c([C@H](C)N)o2)c2ccc(C(F)(F)F)nc12. The lowest BCUT2D eigenvalue weighted by Gasteiger charge is -2.11. The van der Waals surface area contributed by atoms with Crippen molar-refractivity contribution in [2.24, 2.45) is 5.73 Å². The van der Waals surface area contributed by atoms with Gasteiger partial charge in [-0.15, -0.1) is 0 Å². The van der Waals surface area contributed by atoms with E-state index in [0.717, 1.165) is 6.07 Å². The molecule has 13 heteroatoms. The van der Waals surface area contributed by atoms with Gasteiger partial charge in [-0.25, -0.2) is 15.0 Å². The van der Waals surface area contributed by atoms with E-state index in [1.54, 1.807) is 37.3 Å². The molecule has 0 unspecified atom stereocenters. The van der Waals surface area contributed by atoms with E-state index in [-0.39, 0.29) is 46.4 Å². The van der Waals surface area contributed by atoms with Gasteiger partial charge in [-0.1, -0.05) is 18.2 Å². The number of fused-ring (bicyclic) bond motifs is 1. The molecule has 10 nitrogen and oxygen atoms in total. The molecule has 3 N–H and O–H groups in total. The van der Waals surface area contributed by atoms with Gasteiger partial charge < -0.3 is 24.9 Å². The Labute approximate surface area is 231 Å². The molecule has 0 radical (unpaired) electrons. The Morgan fingerprint density at radius 3 is 2.59 bits per heavy atom. The van der Waals surface area contributed by atoms with E-state index in [1.807, 2.05) is 0 Å². The zero-order valence-electron chi connectivity index (χ0n) is 21.8. The molecule has 1 atom stereocenters. The molecule has 5 rings (SSSR count). The van der Waals surface area contributed by atoms with Crippen LogP contribution in [-0.4, -0.2) is 33.0 Å². The van der Waals surface area contributed by atoms with Crippen molar-refractivity contribution in [2.75, 3.05) is 7.11 Å². The van der Waals surface area contributed by atoms with Crippen molar-refractivity contribution in [1.29, 1.82) is 0 Å². The number of halogens is 3. The van der Waals surface area contributed by atoms with Crippen LogP contribution in [0, 0.1) is 0 Å². The van der Waals surface area contributed by atoms with Gasteiger partial charge in [-0.3, -0.25) is 9.78 Å². The van der Waals surface area contributed by atoms with Gasteiger partial charge in [-0.05, 0) is 37.3 Å². The van der Waals surface area contributed by atoms with Gasteiger partial charge in [0.2, 0.25) is 11.8 Å². The van der Waals surface area contributed by atoms with Gasteiger partial charge in [0.1, 0.15) is 22.7 Å². The minimum Gasteiger partial charge on any atom is -0.494 e. The van der Waals surface area contributed by atoms with E-state index in [0.29, 0.717) is 16.9 Å². The Kier molecular flexibility index (Phi) is 7.53. The minimum absolute atomic E-state index is 0.0111. The first kappa shape index (κ1) is 27.5. The lowest BCUT2D eigenvalue weighted by molar-refractivity contribution is -0.140. The second-order valence-corrected chi connectivity index (χ2v) is 8.86. The van der Waals surface area contributed by atoms with Crippen LogP contribution in [0.3, 0.4) is 0 Å². The number of methoxy groups -OCH3 is 1. The molecule has 0 saturated carbocycles. The number of carbonyl (C=O) groups is 1. The molecule has 1 amide bonds. The average molecular weight is 565 g/mol. The summed E-state index contributed by atoms with van der Waals surface area (Å²) in [6, 6.07) is 11.5. The highest BCUT2D eigenvalue weighted by Gasteiger charge is 2.33. The largest absolute Gasteiger partial charge is 0.494 e. The summed E-state index contributed by atoms with van der Waals surface area (Å²) in [7, 11) is 1.33. The minimum atomic E-state index is -4.65. The summed E-state index contributed by atoms with van der Waals surface area (Å²) >= 11 is 0. The van der Waals surface area contributed by atoms with Crippen LogP contribution < -0.4 is 20.5 Å². The van der Waals surface area contributed by atoms with Crippen LogP contribution in [0.4, 0.5) is 13.2 Å². The highest BCUT2D eigenvalue weighted by molar-refractivity contribution is 5.98. The molecule has 0 aliphatic heterocycles. The number of rotatable bonds is 8. The summed E-state index contributed by atoms with van der Waals surface area (Å²) in [4.78, 5) is 29.5. The van der Waals surface area contributed by atoms with Crippen LogP contribution >= 0.6 is 0 Å².